The largest absolute Gasteiger partial charge is 0.497 e. The number of rotatable bonds is 5. The van der Waals surface area contributed by atoms with Crippen molar-refractivity contribution in [1.82, 2.24) is 20.0 Å². The quantitative estimate of drug-likeness (QED) is 0.557. The van der Waals surface area contributed by atoms with Crippen molar-refractivity contribution in [3.05, 3.63) is 71.5 Å². The van der Waals surface area contributed by atoms with Crippen LogP contribution in [0.25, 0.3) is 16.3 Å². The molecule has 2 aromatic heterocycles. The first kappa shape index (κ1) is 17.9. The molecular formula is C20H17N5O2S. The summed E-state index contributed by atoms with van der Waals surface area (Å²) in [6.07, 6.45) is 1.76. The molecule has 8 heteroatoms. The van der Waals surface area contributed by atoms with Crippen LogP contribution in [0, 0.1) is 6.92 Å². The summed E-state index contributed by atoms with van der Waals surface area (Å²) < 4.78 is 6.86. The zero-order valence-corrected chi connectivity index (χ0v) is 16.1. The number of nitrogens with zero attached hydrogens (tertiary/aromatic N) is 4. The maximum atomic E-state index is 12.7. The van der Waals surface area contributed by atoms with Gasteiger partial charge in [0.2, 0.25) is 0 Å². The van der Waals surface area contributed by atoms with E-state index in [0.29, 0.717) is 17.1 Å². The number of ether oxygens (including phenoxy) is 1. The topological polar surface area (TPSA) is 81.9 Å². The Morgan fingerprint density at radius 2 is 2.04 bits per heavy atom. The average Bonchev–Trinajstić information content (AvgIpc) is 3.38. The van der Waals surface area contributed by atoms with Gasteiger partial charge in [0.25, 0.3) is 5.91 Å². The fraction of sp³-hybridized carbons (Fsp3) is 0.100. The van der Waals surface area contributed by atoms with Crippen LogP contribution in [-0.2, 0) is 0 Å². The summed E-state index contributed by atoms with van der Waals surface area (Å²) in [7, 11) is 1.60. The second-order valence-electron chi connectivity index (χ2n) is 6.01. The molecule has 0 fully saturated rings. The first-order valence-electron chi connectivity index (χ1n) is 8.54. The van der Waals surface area contributed by atoms with Gasteiger partial charge in [-0.25, -0.2) is 9.67 Å². The highest BCUT2D eigenvalue weighted by molar-refractivity contribution is 7.13. The lowest BCUT2D eigenvalue weighted by atomic mass is 10.2. The van der Waals surface area contributed by atoms with Gasteiger partial charge in [-0.2, -0.15) is 0 Å². The van der Waals surface area contributed by atoms with Crippen molar-refractivity contribution in [1.29, 1.82) is 0 Å². The lowest BCUT2D eigenvalue weighted by Crippen LogP contribution is -2.14. The van der Waals surface area contributed by atoms with E-state index in [1.54, 1.807) is 36.2 Å². The van der Waals surface area contributed by atoms with Crippen LogP contribution >= 0.6 is 11.3 Å². The van der Waals surface area contributed by atoms with Crippen LogP contribution in [0.1, 0.15) is 16.2 Å². The van der Waals surface area contributed by atoms with E-state index in [1.165, 1.54) is 0 Å². The minimum absolute atomic E-state index is 0.266. The molecule has 0 saturated heterocycles. The molecule has 0 aliphatic heterocycles. The normalized spacial score (nSPS) is 10.6. The van der Waals surface area contributed by atoms with Gasteiger partial charge in [0, 0.05) is 28.9 Å². The lowest BCUT2D eigenvalue weighted by Gasteiger charge is -2.07. The van der Waals surface area contributed by atoms with Gasteiger partial charge in [0.05, 0.1) is 18.5 Å². The molecule has 0 aliphatic carbocycles. The van der Waals surface area contributed by atoms with Crippen molar-refractivity contribution >= 4 is 22.9 Å². The Balaban J connectivity index is 1.58. The van der Waals surface area contributed by atoms with Crippen LogP contribution in [0.2, 0.25) is 0 Å². The Bertz CT molecular complexity index is 1120. The SMILES string of the molecule is COc1cccc(-n2nnc(C(=O)Nc3cccc(-c4nccs4)c3)c2C)c1. The third kappa shape index (κ3) is 3.49. The van der Waals surface area contributed by atoms with Crippen LogP contribution in [0.3, 0.4) is 0 Å². The Morgan fingerprint density at radius 3 is 2.82 bits per heavy atom. The number of thiazole rings is 1. The van der Waals surface area contributed by atoms with E-state index in [0.717, 1.165) is 16.3 Å². The Hall–Kier alpha value is -3.52. The van der Waals surface area contributed by atoms with Gasteiger partial charge in [-0.15, -0.1) is 16.4 Å². The fourth-order valence-corrected chi connectivity index (χ4v) is 3.45. The van der Waals surface area contributed by atoms with Crippen LogP contribution in [0.5, 0.6) is 5.75 Å². The van der Waals surface area contributed by atoms with Crippen molar-refractivity contribution in [2.24, 2.45) is 0 Å². The summed E-state index contributed by atoms with van der Waals surface area (Å²) in [5.74, 6) is 0.389. The average molecular weight is 391 g/mol. The zero-order chi connectivity index (χ0) is 19.5. The number of hydrogen-bond acceptors (Lipinski definition) is 6. The number of benzene rings is 2. The third-order valence-corrected chi connectivity index (χ3v) is 5.03. The summed E-state index contributed by atoms with van der Waals surface area (Å²) >= 11 is 1.55. The van der Waals surface area contributed by atoms with E-state index in [-0.39, 0.29) is 11.6 Å². The van der Waals surface area contributed by atoms with Gasteiger partial charge in [-0.05, 0) is 31.2 Å². The first-order valence-corrected chi connectivity index (χ1v) is 9.41. The molecule has 0 bridgehead atoms. The molecule has 2 heterocycles. The second-order valence-corrected chi connectivity index (χ2v) is 6.90. The molecule has 0 spiro atoms. The number of anilines is 1. The van der Waals surface area contributed by atoms with E-state index >= 15 is 0 Å². The highest BCUT2D eigenvalue weighted by Crippen LogP contribution is 2.25. The number of amides is 1. The molecule has 140 valence electrons. The molecule has 0 radical (unpaired) electrons. The van der Waals surface area contributed by atoms with Crippen molar-refractivity contribution < 1.29 is 9.53 Å². The molecule has 0 unspecified atom stereocenters. The maximum absolute atomic E-state index is 12.7. The van der Waals surface area contributed by atoms with E-state index in [9.17, 15) is 4.79 Å². The van der Waals surface area contributed by atoms with E-state index in [2.05, 4.69) is 20.6 Å². The van der Waals surface area contributed by atoms with Crippen LogP contribution < -0.4 is 10.1 Å². The summed E-state index contributed by atoms with van der Waals surface area (Å²) in [5.41, 5.74) is 3.30. The molecule has 0 atom stereocenters. The minimum Gasteiger partial charge on any atom is -0.497 e. The van der Waals surface area contributed by atoms with E-state index in [4.69, 9.17) is 4.74 Å². The predicted octanol–water partition coefficient (Wildman–Crippen LogP) is 3.96. The van der Waals surface area contributed by atoms with Gasteiger partial charge in [0.15, 0.2) is 5.69 Å². The van der Waals surface area contributed by atoms with Crippen LogP contribution in [0.15, 0.2) is 60.1 Å². The summed E-state index contributed by atoms with van der Waals surface area (Å²) in [6, 6.07) is 15.0. The smallest absolute Gasteiger partial charge is 0.278 e. The maximum Gasteiger partial charge on any atom is 0.278 e. The summed E-state index contributed by atoms with van der Waals surface area (Å²) in [5, 5.41) is 13.9. The highest BCUT2D eigenvalue weighted by atomic mass is 32.1. The minimum atomic E-state index is -0.317. The molecule has 0 aliphatic rings. The first-order chi connectivity index (χ1) is 13.7. The van der Waals surface area contributed by atoms with Crippen LogP contribution in [-0.4, -0.2) is 33.0 Å². The van der Waals surface area contributed by atoms with Gasteiger partial charge >= 0.3 is 0 Å². The van der Waals surface area contributed by atoms with E-state index in [1.807, 2.05) is 53.9 Å². The van der Waals surface area contributed by atoms with Gasteiger partial charge in [0.1, 0.15) is 10.8 Å². The molecule has 1 amide bonds. The number of carbonyl (C=O) groups is 1. The monoisotopic (exact) mass is 391 g/mol. The van der Waals surface area contributed by atoms with Gasteiger partial charge < -0.3 is 10.1 Å². The van der Waals surface area contributed by atoms with Crippen molar-refractivity contribution in [2.75, 3.05) is 12.4 Å². The second kappa shape index (κ2) is 7.61. The Morgan fingerprint density at radius 1 is 1.18 bits per heavy atom. The zero-order valence-electron chi connectivity index (χ0n) is 15.3. The number of carbonyl (C=O) groups excluding carboxylic acids is 1. The Kier molecular flexibility index (Phi) is 4.86. The number of methoxy groups -OCH3 is 1. The standard InChI is InChI=1S/C20H17N5O2S/c1-13-18(23-24-25(13)16-7-4-8-17(12-16)27-2)19(26)22-15-6-3-5-14(11-15)20-21-9-10-28-20/h3-12H,1-2H3,(H,22,26). The fourth-order valence-electron chi connectivity index (χ4n) is 2.81. The molecule has 0 saturated carbocycles. The molecular weight excluding hydrogens is 374 g/mol. The summed E-state index contributed by atoms with van der Waals surface area (Å²) in [6.45, 7) is 1.81. The lowest BCUT2D eigenvalue weighted by molar-refractivity contribution is 0.102. The predicted molar refractivity (Wildman–Crippen MR) is 108 cm³/mol. The third-order valence-electron chi connectivity index (χ3n) is 4.21. The van der Waals surface area contributed by atoms with Crippen molar-refractivity contribution in [2.45, 2.75) is 6.92 Å². The van der Waals surface area contributed by atoms with Gasteiger partial charge in [-0.1, -0.05) is 23.4 Å². The number of hydrogen-bond donors (Lipinski definition) is 1. The van der Waals surface area contributed by atoms with Crippen LogP contribution in [0.4, 0.5) is 5.69 Å². The van der Waals surface area contributed by atoms with Crippen molar-refractivity contribution in [3.8, 4) is 22.0 Å². The number of aromatic nitrogens is 4. The molecule has 2 aromatic carbocycles. The number of nitrogens with one attached hydrogen (secondary N) is 1. The van der Waals surface area contributed by atoms with Gasteiger partial charge in [-0.3, -0.25) is 4.79 Å². The van der Waals surface area contributed by atoms with E-state index < -0.39 is 0 Å². The molecule has 1 N–H and O–H groups in total. The molecule has 7 nitrogen and oxygen atoms in total. The molecule has 28 heavy (non-hydrogen) atoms. The van der Waals surface area contributed by atoms with Crippen molar-refractivity contribution in [3.63, 3.8) is 0 Å². The summed E-state index contributed by atoms with van der Waals surface area (Å²) in [4.78, 5) is 17.0. The highest BCUT2D eigenvalue weighted by Gasteiger charge is 2.18. The molecule has 4 rings (SSSR count). The molecule has 4 aromatic rings. The Labute approximate surface area is 165 Å².